The summed E-state index contributed by atoms with van der Waals surface area (Å²) in [7, 11) is 0. The average molecular weight is 278 g/mol. The topological polar surface area (TPSA) is 45.9 Å². The van der Waals surface area contributed by atoms with Crippen molar-refractivity contribution < 1.29 is 17.9 Å². The van der Waals surface area contributed by atoms with E-state index in [-0.39, 0.29) is 5.56 Å². The monoisotopic (exact) mass is 278 g/mol. The van der Waals surface area contributed by atoms with E-state index in [1.54, 1.807) is 25.1 Å². The molecule has 0 bridgehead atoms. The van der Waals surface area contributed by atoms with Gasteiger partial charge in [0.1, 0.15) is 5.75 Å². The molecule has 0 aliphatic heterocycles. The van der Waals surface area contributed by atoms with E-state index >= 15 is 0 Å². The van der Waals surface area contributed by atoms with Crippen molar-refractivity contribution in [3.05, 3.63) is 47.8 Å². The minimum absolute atomic E-state index is 0.0855. The van der Waals surface area contributed by atoms with Crippen LogP contribution in [0.25, 0.3) is 11.1 Å². The zero-order valence-corrected chi connectivity index (χ0v) is 10.4. The number of benzene rings is 1. The molecule has 0 aliphatic carbocycles. The first-order valence-corrected chi connectivity index (χ1v) is 5.61. The van der Waals surface area contributed by atoms with E-state index in [4.69, 9.17) is 5.26 Å². The first-order chi connectivity index (χ1) is 9.37. The summed E-state index contributed by atoms with van der Waals surface area (Å²) in [6.07, 6.45) is -3.26. The number of rotatable bonds is 2. The third-order valence-corrected chi connectivity index (χ3v) is 2.51. The molecule has 0 atom stereocenters. The van der Waals surface area contributed by atoms with Crippen LogP contribution in [0, 0.1) is 18.3 Å². The highest BCUT2D eigenvalue weighted by molar-refractivity contribution is 5.66. The minimum Gasteiger partial charge on any atom is -0.406 e. The molecule has 0 fully saturated rings. The highest BCUT2D eigenvalue weighted by Gasteiger charge is 2.31. The van der Waals surface area contributed by atoms with Gasteiger partial charge >= 0.3 is 6.36 Å². The van der Waals surface area contributed by atoms with E-state index in [0.717, 1.165) is 11.8 Å². The van der Waals surface area contributed by atoms with Crippen molar-refractivity contribution in [2.75, 3.05) is 0 Å². The molecule has 6 heteroatoms. The zero-order valence-electron chi connectivity index (χ0n) is 10.4. The van der Waals surface area contributed by atoms with Crippen LogP contribution in [0.3, 0.4) is 0 Å². The van der Waals surface area contributed by atoms with Gasteiger partial charge < -0.3 is 4.74 Å². The molecule has 1 heterocycles. The highest BCUT2D eigenvalue weighted by atomic mass is 19.4. The van der Waals surface area contributed by atoms with Crippen LogP contribution in [0.1, 0.15) is 11.3 Å². The van der Waals surface area contributed by atoms with Crippen molar-refractivity contribution in [1.29, 1.82) is 5.26 Å². The number of aryl methyl sites for hydroxylation is 1. The summed E-state index contributed by atoms with van der Waals surface area (Å²) < 4.78 is 40.6. The number of aromatic nitrogens is 1. The number of alkyl halides is 3. The Morgan fingerprint density at radius 2 is 1.90 bits per heavy atom. The van der Waals surface area contributed by atoms with Gasteiger partial charge in [-0.05, 0) is 36.8 Å². The second-order valence-electron chi connectivity index (χ2n) is 4.09. The Labute approximate surface area is 113 Å². The fourth-order valence-electron chi connectivity index (χ4n) is 1.66. The van der Waals surface area contributed by atoms with Gasteiger partial charge in [-0.3, -0.25) is 4.98 Å². The molecule has 1 aromatic heterocycles. The molecule has 0 amide bonds. The highest BCUT2D eigenvalue weighted by Crippen LogP contribution is 2.29. The summed E-state index contributed by atoms with van der Waals surface area (Å²) in [6, 6.07) is 9.01. The Kier molecular flexibility index (Phi) is 3.61. The Morgan fingerprint density at radius 1 is 1.15 bits per heavy atom. The molecule has 20 heavy (non-hydrogen) atoms. The molecule has 0 unspecified atom stereocenters. The molecule has 0 radical (unpaired) electrons. The zero-order chi connectivity index (χ0) is 14.8. The van der Waals surface area contributed by atoms with Crippen molar-refractivity contribution >= 4 is 0 Å². The Balaban J connectivity index is 2.46. The molecule has 2 rings (SSSR count). The van der Waals surface area contributed by atoms with Gasteiger partial charge in [0.05, 0.1) is 11.6 Å². The van der Waals surface area contributed by atoms with E-state index in [1.165, 1.54) is 18.3 Å². The lowest BCUT2D eigenvalue weighted by Crippen LogP contribution is -2.17. The lowest BCUT2D eigenvalue weighted by molar-refractivity contribution is -0.274. The van der Waals surface area contributed by atoms with Crippen molar-refractivity contribution in [2.45, 2.75) is 13.3 Å². The van der Waals surface area contributed by atoms with Crippen molar-refractivity contribution in [3.63, 3.8) is 0 Å². The number of halogens is 3. The van der Waals surface area contributed by atoms with Crippen LogP contribution in [0.2, 0.25) is 0 Å². The van der Waals surface area contributed by atoms with Crippen LogP contribution < -0.4 is 4.74 Å². The van der Waals surface area contributed by atoms with Crippen LogP contribution in [-0.2, 0) is 0 Å². The molecule has 0 saturated carbocycles. The van der Waals surface area contributed by atoms with E-state index in [0.29, 0.717) is 11.1 Å². The van der Waals surface area contributed by atoms with Gasteiger partial charge in [-0.1, -0.05) is 6.07 Å². The molecular formula is C14H9F3N2O. The smallest absolute Gasteiger partial charge is 0.406 e. The first kappa shape index (κ1) is 13.9. The SMILES string of the molecule is Cc1ccc(-c2cc(C#N)cc(OC(F)(F)F)c2)cn1. The summed E-state index contributed by atoms with van der Waals surface area (Å²) in [4.78, 5) is 4.07. The van der Waals surface area contributed by atoms with E-state index in [9.17, 15) is 13.2 Å². The van der Waals surface area contributed by atoms with Gasteiger partial charge in [-0.25, -0.2) is 0 Å². The van der Waals surface area contributed by atoms with Crippen LogP contribution in [0.5, 0.6) is 5.75 Å². The summed E-state index contributed by atoms with van der Waals surface area (Å²) in [6.45, 7) is 1.80. The molecule has 0 saturated heterocycles. The van der Waals surface area contributed by atoms with Gasteiger partial charge in [-0.15, -0.1) is 13.2 Å². The lowest BCUT2D eigenvalue weighted by atomic mass is 10.0. The maximum atomic E-state index is 12.2. The maximum absolute atomic E-state index is 12.2. The predicted octanol–water partition coefficient (Wildman–Crippen LogP) is 3.83. The maximum Gasteiger partial charge on any atom is 0.573 e. The van der Waals surface area contributed by atoms with Gasteiger partial charge in [-0.2, -0.15) is 5.26 Å². The molecule has 2 aromatic rings. The summed E-state index contributed by atoms with van der Waals surface area (Å²) in [5.41, 5.74) is 1.93. The fourth-order valence-corrected chi connectivity index (χ4v) is 1.66. The molecule has 0 spiro atoms. The summed E-state index contributed by atoms with van der Waals surface area (Å²) in [5, 5.41) is 8.87. The standard InChI is InChI=1S/C14H9F3N2O/c1-9-2-3-11(8-19-9)12-4-10(7-18)5-13(6-12)20-14(15,16)17/h2-6,8H,1H3. The second-order valence-corrected chi connectivity index (χ2v) is 4.09. The van der Waals surface area contributed by atoms with E-state index in [1.807, 2.05) is 0 Å². The average Bonchev–Trinajstić information content (AvgIpc) is 2.37. The number of ether oxygens (including phenoxy) is 1. The van der Waals surface area contributed by atoms with Crippen LogP contribution >= 0.6 is 0 Å². The number of nitriles is 1. The van der Waals surface area contributed by atoms with Crippen LogP contribution in [0.15, 0.2) is 36.5 Å². The van der Waals surface area contributed by atoms with Crippen LogP contribution in [0.4, 0.5) is 13.2 Å². The quantitative estimate of drug-likeness (QED) is 0.838. The summed E-state index contributed by atoms with van der Waals surface area (Å²) >= 11 is 0. The number of pyridine rings is 1. The number of nitrogens with zero attached hydrogens (tertiary/aromatic N) is 2. The van der Waals surface area contributed by atoms with Crippen molar-refractivity contribution in [2.24, 2.45) is 0 Å². The first-order valence-electron chi connectivity index (χ1n) is 5.61. The fraction of sp³-hybridized carbons (Fsp3) is 0.143. The number of hydrogen-bond donors (Lipinski definition) is 0. The van der Waals surface area contributed by atoms with Crippen molar-refractivity contribution in [1.82, 2.24) is 4.98 Å². The molecule has 1 aromatic carbocycles. The Hall–Kier alpha value is -2.55. The van der Waals surface area contributed by atoms with Crippen LogP contribution in [-0.4, -0.2) is 11.3 Å². The van der Waals surface area contributed by atoms with E-state index in [2.05, 4.69) is 9.72 Å². The normalized spacial score (nSPS) is 10.9. The van der Waals surface area contributed by atoms with Gasteiger partial charge in [0, 0.05) is 17.5 Å². The molecule has 102 valence electrons. The molecular weight excluding hydrogens is 269 g/mol. The molecule has 0 aliphatic rings. The lowest BCUT2D eigenvalue weighted by Gasteiger charge is -2.11. The van der Waals surface area contributed by atoms with Gasteiger partial charge in [0.15, 0.2) is 0 Å². The Bertz CT molecular complexity index is 658. The Morgan fingerprint density at radius 3 is 2.45 bits per heavy atom. The largest absolute Gasteiger partial charge is 0.573 e. The third-order valence-electron chi connectivity index (χ3n) is 2.51. The summed E-state index contributed by atoms with van der Waals surface area (Å²) in [5.74, 6) is -0.424. The molecule has 0 N–H and O–H groups in total. The number of hydrogen-bond acceptors (Lipinski definition) is 3. The van der Waals surface area contributed by atoms with E-state index < -0.39 is 12.1 Å². The second kappa shape index (κ2) is 5.21. The van der Waals surface area contributed by atoms with Gasteiger partial charge in [0.2, 0.25) is 0 Å². The van der Waals surface area contributed by atoms with Gasteiger partial charge in [0.25, 0.3) is 0 Å². The third kappa shape index (κ3) is 3.48. The molecule has 3 nitrogen and oxygen atoms in total. The predicted molar refractivity (Wildman–Crippen MR) is 65.8 cm³/mol. The minimum atomic E-state index is -4.79. The van der Waals surface area contributed by atoms with Crippen molar-refractivity contribution in [3.8, 4) is 22.9 Å².